The quantitative estimate of drug-likeness (QED) is 0.377. The second-order valence-electron chi connectivity index (χ2n) is 7.85. The number of hydrogen-bond acceptors (Lipinski definition) is 6. The number of rotatable bonds is 4. The molecule has 4 heterocycles. The monoisotopic (exact) mass is 465 g/mol. The zero-order valence-electron chi connectivity index (χ0n) is 18.9. The number of aryl methyl sites for hydroxylation is 1. The number of fused-ring (bicyclic) bond motifs is 2. The molecule has 0 aliphatic heterocycles. The van der Waals surface area contributed by atoms with Crippen molar-refractivity contribution in [3.8, 4) is 11.8 Å². The second-order valence-corrected chi connectivity index (χ2v) is 7.85. The first-order chi connectivity index (χ1) is 17.0. The van der Waals surface area contributed by atoms with Gasteiger partial charge in [-0.3, -0.25) is 14.0 Å². The molecule has 0 N–H and O–H groups in total. The molecule has 1 aromatic carbocycles. The van der Waals surface area contributed by atoms with Crippen LogP contribution < -0.4 is 15.8 Å². The molecule has 5 rings (SSSR count). The third-order valence-corrected chi connectivity index (χ3v) is 5.64. The van der Waals surface area contributed by atoms with Crippen LogP contribution in [0.5, 0.6) is 5.75 Å². The lowest BCUT2D eigenvalue weighted by molar-refractivity contribution is 0.0996. The van der Waals surface area contributed by atoms with Gasteiger partial charge < -0.3 is 13.7 Å². The summed E-state index contributed by atoms with van der Waals surface area (Å²) < 4.78 is 13.7. The third kappa shape index (κ3) is 3.87. The van der Waals surface area contributed by atoms with E-state index in [9.17, 15) is 14.9 Å². The highest BCUT2D eigenvalue weighted by molar-refractivity contribution is 5.95. The fourth-order valence-electron chi connectivity index (χ4n) is 3.91. The molecule has 9 heteroatoms. The van der Waals surface area contributed by atoms with E-state index >= 15 is 0 Å². The van der Waals surface area contributed by atoms with Crippen molar-refractivity contribution in [2.75, 3.05) is 7.11 Å². The van der Waals surface area contributed by atoms with Crippen molar-refractivity contribution in [2.45, 2.75) is 13.5 Å². The van der Waals surface area contributed by atoms with E-state index in [-0.39, 0.29) is 34.2 Å². The summed E-state index contributed by atoms with van der Waals surface area (Å²) in [6, 6.07) is 17.2. The number of pyridine rings is 2. The van der Waals surface area contributed by atoms with E-state index in [1.165, 1.54) is 23.8 Å². The van der Waals surface area contributed by atoms with E-state index in [2.05, 4.69) is 11.1 Å². The van der Waals surface area contributed by atoms with Gasteiger partial charge in [0.05, 0.1) is 30.9 Å². The Morgan fingerprint density at radius 1 is 1.17 bits per heavy atom. The lowest BCUT2D eigenvalue weighted by Crippen LogP contribution is -2.30. The Hall–Kier alpha value is -4.97. The van der Waals surface area contributed by atoms with Gasteiger partial charge in [0.15, 0.2) is 5.49 Å². The number of methoxy groups -OCH3 is 1. The van der Waals surface area contributed by atoms with Crippen LogP contribution in [0.15, 0.2) is 81.3 Å². The van der Waals surface area contributed by atoms with Crippen LogP contribution in [-0.4, -0.2) is 27.0 Å². The number of nitriles is 1. The van der Waals surface area contributed by atoms with Crippen molar-refractivity contribution in [3.05, 3.63) is 105 Å². The summed E-state index contributed by atoms with van der Waals surface area (Å²) >= 11 is 0. The van der Waals surface area contributed by atoms with Gasteiger partial charge in [-0.25, -0.2) is 4.98 Å². The zero-order valence-corrected chi connectivity index (χ0v) is 18.9. The van der Waals surface area contributed by atoms with Crippen molar-refractivity contribution in [1.29, 1.82) is 5.26 Å². The molecule has 0 aliphatic carbocycles. The molecule has 0 atom stereocenters. The molecule has 35 heavy (non-hydrogen) atoms. The molecule has 0 aliphatic rings. The van der Waals surface area contributed by atoms with Gasteiger partial charge in [0.1, 0.15) is 28.9 Å². The van der Waals surface area contributed by atoms with Crippen LogP contribution in [0.25, 0.3) is 16.7 Å². The van der Waals surface area contributed by atoms with Crippen LogP contribution in [0.2, 0.25) is 0 Å². The first-order valence-corrected chi connectivity index (χ1v) is 10.7. The lowest BCUT2D eigenvalue weighted by atomic mass is 10.2. The summed E-state index contributed by atoms with van der Waals surface area (Å²) in [6.07, 6.45) is 3.15. The molecule has 4 aromatic heterocycles. The minimum Gasteiger partial charge on any atom is -0.497 e. The van der Waals surface area contributed by atoms with Crippen LogP contribution in [0.4, 0.5) is 0 Å². The molecule has 0 fully saturated rings. The summed E-state index contributed by atoms with van der Waals surface area (Å²) in [7, 11) is 1.51. The van der Waals surface area contributed by atoms with Gasteiger partial charge in [-0.1, -0.05) is 12.1 Å². The smallest absolute Gasteiger partial charge is 0.279 e. The van der Waals surface area contributed by atoms with Crippen LogP contribution in [0.1, 0.15) is 27.2 Å². The summed E-state index contributed by atoms with van der Waals surface area (Å²) in [6.45, 7) is 1.96. The lowest BCUT2D eigenvalue weighted by Gasteiger charge is -2.13. The topological polar surface area (TPSA) is 115 Å². The Morgan fingerprint density at radius 3 is 2.77 bits per heavy atom. The molecule has 1 amide bonds. The van der Waals surface area contributed by atoms with Gasteiger partial charge >= 0.3 is 0 Å². The predicted molar refractivity (Wildman–Crippen MR) is 127 cm³/mol. The van der Waals surface area contributed by atoms with Gasteiger partial charge in [-0.2, -0.15) is 10.3 Å². The summed E-state index contributed by atoms with van der Waals surface area (Å²) in [5.74, 6) is 0.482. The largest absolute Gasteiger partial charge is 0.497 e. The Labute approximate surface area is 198 Å². The first-order valence-electron chi connectivity index (χ1n) is 10.7. The Balaban J connectivity index is 1.87. The predicted octanol–water partition coefficient (Wildman–Crippen LogP) is 3.22. The van der Waals surface area contributed by atoms with E-state index in [0.29, 0.717) is 22.7 Å². The highest BCUT2D eigenvalue weighted by Gasteiger charge is 2.17. The van der Waals surface area contributed by atoms with Crippen molar-refractivity contribution in [1.82, 2.24) is 14.0 Å². The number of ether oxygens (including phenoxy) is 1. The molecule has 0 saturated heterocycles. The van der Waals surface area contributed by atoms with Crippen molar-refractivity contribution in [3.63, 3.8) is 0 Å². The maximum absolute atomic E-state index is 13.4. The van der Waals surface area contributed by atoms with Gasteiger partial charge in [0.2, 0.25) is 0 Å². The number of aromatic nitrogens is 3. The van der Waals surface area contributed by atoms with E-state index in [1.807, 2.05) is 13.0 Å². The third-order valence-electron chi connectivity index (χ3n) is 5.64. The fourth-order valence-corrected chi connectivity index (χ4v) is 3.91. The zero-order chi connectivity index (χ0) is 24.5. The summed E-state index contributed by atoms with van der Waals surface area (Å²) in [5, 5.41) is 10.2. The molecule has 0 bridgehead atoms. The average Bonchev–Trinajstić information content (AvgIpc) is 3.39. The maximum Gasteiger partial charge on any atom is 0.279 e. The van der Waals surface area contributed by atoms with Crippen molar-refractivity contribution < 1.29 is 13.9 Å². The highest BCUT2D eigenvalue weighted by Crippen LogP contribution is 2.16. The van der Waals surface area contributed by atoms with Gasteiger partial charge in [-0.05, 0) is 55.0 Å². The molecule has 0 radical (unpaired) electrons. The Bertz CT molecular complexity index is 1770. The highest BCUT2D eigenvalue weighted by atomic mass is 16.5. The van der Waals surface area contributed by atoms with Gasteiger partial charge in [0.25, 0.3) is 11.5 Å². The number of carbonyl (C=O) groups is 1. The molecule has 5 aromatic rings. The fraction of sp³-hybridized carbons (Fsp3) is 0.115. The number of furan rings is 1. The molecule has 172 valence electrons. The second kappa shape index (κ2) is 8.76. The van der Waals surface area contributed by atoms with Crippen LogP contribution in [-0.2, 0) is 6.54 Å². The van der Waals surface area contributed by atoms with Gasteiger partial charge in [0, 0.05) is 11.8 Å². The number of amides is 1. The Morgan fingerprint density at radius 2 is 2.03 bits per heavy atom. The molecular formula is C26H19N5O4. The summed E-state index contributed by atoms with van der Waals surface area (Å²) in [5.41, 5.74) is 1.65. The molecule has 0 spiro atoms. The number of nitrogens with zero attached hydrogens (tertiary/aromatic N) is 5. The van der Waals surface area contributed by atoms with Crippen LogP contribution in [0, 0.1) is 18.3 Å². The first kappa shape index (κ1) is 21.9. The van der Waals surface area contributed by atoms with Crippen LogP contribution in [0.3, 0.4) is 0 Å². The number of hydrogen-bond donors (Lipinski definition) is 0. The van der Waals surface area contributed by atoms with E-state index in [1.54, 1.807) is 53.2 Å². The average molecular weight is 465 g/mol. The normalized spacial score (nSPS) is 11.6. The number of benzene rings is 1. The summed E-state index contributed by atoms with van der Waals surface area (Å²) in [4.78, 5) is 35.5. The van der Waals surface area contributed by atoms with E-state index < -0.39 is 5.91 Å². The minimum absolute atomic E-state index is 0.0619. The molecule has 9 nitrogen and oxygen atoms in total. The van der Waals surface area contributed by atoms with E-state index in [4.69, 9.17) is 14.1 Å². The van der Waals surface area contributed by atoms with Crippen LogP contribution >= 0.6 is 0 Å². The maximum atomic E-state index is 13.4. The minimum atomic E-state index is -0.568. The molecule has 0 unspecified atom stereocenters. The molecule has 0 saturated carbocycles. The van der Waals surface area contributed by atoms with Gasteiger partial charge in [-0.15, -0.1) is 0 Å². The van der Waals surface area contributed by atoms with E-state index in [0.717, 1.165) is 5.56 Å². The SMILES string of the molecule is COc1cccc(C(=O)N=c2c(C#N)cc3c(=O)n4cccc(C)c4nc3n2Cc2ccco2)c1. The van der Waals surface area contributed by atoms with Crippen molar-refractivity contribution >= 4 is 22.6 Å². The standard InChI is InChI=1S/C26H19N5O4/c1-16-6-4-10-30-22(16)28-24-21(26(30)33)13-18(14-27)23(31(24)15-20-9-5-11-35-20)29-25(32)17-7-3-8-19(12-17)34-2/h3-13H,15H2,1-2H3. The Kier molecular flexibility index (Phi) is 5.47. The van der Waals surface area contributed by atoms with Crippen molar-refractivity contribution in [2.24, 2.45) is 4.99 Å². The number of carbonyl (C=O) groups excluding carboxylic acids is 1. The molecular weight excluding hydrogens is 446 g/mol.